The molecular weight excluding hydrogens is 254 g/mol. The van der Waals surface area contributed by atoms with Crippen LogP contribution in [0.25, 0.3) is 0 Å². The second-order valence-electron chi connectivity index (χ2n) is 7.76. The summed E-state index contributed by atoms with van der Waals surface area (Å²) in [7, 11) is 0. The average molecular weight is 279 g/mol. The van der Waals surface area contributed by atoms with Crippen molar-refractivity contribution in [3.05, 3.63) is 0 Å². The number of likely N-dealkylation sites (tertiary alicyclic amines) is 1. The highest BCUT2D eigenvalue weighted by molar-refractivity contribution is 5.75. The summed E-state index contributed by atoms with van der Waals surface area (Å²) >= 11 is 0. The average Bonchev–Trinajstić information content (AvgIpc) is 2.67. The summed E-state index contributed by atoms with van der Waals surface area (Å²) in [4.78, 5) is 14.2. The van der Waals surface area contributed by atoms with Crippen molar-refractivity contribution in [3.63, 3.8) is 0 Å². The molecule has 0 aromatic heterocycles. The Balaban J connectivity index is 1.45. The number of urea groups is 1. The maximum atomic E-state index is 12.5. The molecule has 4 N–H and O–H groups in total. The monoisotopic (exact) mass is 279 g/mol. The first kappa shape index (κ1) is 12.9. The Morgan fingerprint density at radius 1 is 1.10 bits per heavy atom. The molecule has 5 nitrogen and oxygen atoms in total. The first-order chi connectivity index (χ1) is 9.53. The minimum Gasteiger partial charge on any atom is -0.390 e. The molecule has 0 radical (unpaired) electrons. The van der Waals surface area contributed by atoms with Gasteiger partial charge in [-0.05, 0) is 56.3 Å². The topological polar surface area (TPSA) is 78.6 Å². The lowest BCUT2D eigenvalue weighted by Gasteiger charge is -2.57. The highest BCUT2D eigenvalue weighted by Gasteiger charge is 2.52. The number of hydrogen-bond acceptors (Lipinski definition) is 3. The summed E-state index contributed by atoms with van der Waals surface area (Å²) in [6, 6.07) is -0.309. The van der Waals surface area contributed by atoms with Crippen LogP contribution in [0.15, 0.2) is 0 Å². The quantitative estimate of drug-likeness (QED) is 0.660. The van der Waals surface area contributed by atoms with Gasteiger partial charge in [-0.3, -0.25) is 0 Å². The SMILES string of the molecule is N[C@@H]1CN(C(=O)NC23CC4CC(CC(C4)C2)C3)C[C@H]1O. The third-order valence-electron chi connectivity index (χ3n) is 6.03. The van der Waals surface area contributed by atoms with Crippen LogP contribution in [0, 0.1) is 17.8 Å². The van der Waals surface area contributed by atoms with Gasteiger partial charge in [-0.25, -0.2) is 4.79 Å². The van der Waals surface area contributed by atoms with Gasteiger partial charge >= 0.3 is 6.03 Å². The first-order valence-corrected chi connectivity index (χ1v) is 8.04. The van der Waals surface area contributed by atoms with E-state index in [2.05, 4.69) is 5.32 Å². The van der Waals surface area contributed by atoms with E-state index in [1.54, 1.807) is 4.90 Å². The molecule has 0 aromatic carbocycles. The van der Waals surface area contributed by atoms with Crippen molar-refractivity contribution < 1.29 is 9.90 Å². The van der Waals surface area contributed by atoms with Crippen molar-refractivity contribution in [2.24, 2.45) is 23.5 Å². The summed E-state index contributed by atoms with van der Waals surface area (Å²) in [5.74, 6) is 2.48. The Hall–Kier alpha value is -0.810. The van der Waals surface area contributed by atoms with Crippen LogP contribution < -0.4 is 11.1 Å². The van der Waals surface area contributed by atoms with E-state index in [-0.39, 0.29) is 17.6 Å². The second kappa shape index (κ2) is 4.34. The molecule has 1 saturated heterocycles. The minimum atomic E-state index is -0.572. The van der Waals surface area contributed by atoms with Crippen molar-refractivity contribution in [3.8, 4) is 0 Å². The molecule has 5 heteroatoms. The molecule has 0 aromatic rings. The fourth-order valence-corrected chi connectivity index (χ4v) is 5.55. The molecule has 112 valence electrons. The van der Waals surface area contributed by atoms with Gasteiger partial charge in [0.1, 0.15) is 0 Å². The third kappa shape index (κ3) is 2.02. The van der Waals surface area contributed by atoms with E-state index in [0.717, 1.165) is 37.0 Å². The van der Waals surface area contributed by atoms with Gasteiger partial charge in [0, 0.05) is 24.7 Å². The van der Waals surface area contributed by atoms with Crippen LogP contribution in [0.4, 0.5) is 4.79 Å². The van der Waals surface area contributed by atoms with Crippen LogP contribution in [0.5, 0.6) is 0 Å². The van der Waals surface area contributed by atoms with E-state index in [0.29, 0.717) is 13.1 Å². The maximum absolute atomic E-state index is 12.5. The van der Waals surface area contributed by atoms with Crippen molar-refractivity contribution in [1.82, 2.24) is 10.2 Å². The zero-order valence-corrected chi connectivity index (χ0v) is 11.9. The fraction of sp³-hybridized carbons (Fsp3) is 0.933. The standard InChI is InChI=1S/C15H25N3O2/c16-12-7-18(8-13(12)19)14(20)17-15-4-9-1-10(5-15)3-11(2-9)6-15/h9-13,19H,1-8,16H2,(H,17,20)/t9?,10?,11?,12-,13-,15?/m1/s1. The zero-order valence-electron chi connectivity index (χ0n) is 11.9. The van der Waals surface area contributed by atoms with Crippen molar-refractivity contribution in [2.75, 3.05) is 13.1 Å². The lowest BCUT2D eigenvalue weighted by atomic mass is 9.53. The predicted molar refractivity (Wildman–Crippen MR) is 75.0 cm³/mol. The van der Waals surface area contributed by atoms with Crippen LogP contribution in [-0.4, -0.2) is 46.8 Å². The lowest BCUT2D eigenvalue weighted by Crippen LogP contribution is -2.61. The number of rotatable bonds is 1. The highest BCUT2D eigenvalue weighted by Crippen LogP contribution is 2.55. The smallest absolute Gasteiger partial charge is 0.317 e. The largest absolute Gasteiger partial charge is 0.390 e. The number of aliphatic hydroxyl groups excluding tert-OH is 1. The normalized spacial score (nSPS) is 49.7. The first-order valence-electron chi connectivity index (χ1n) is 8.04. The summed E-state index contributed by atoms with van der Waals surface area (Å²) in [5.41, 5.74) is 5.84. The molecule has 0 unspecified atom stereocenters. The Bertz CT molecular complexity index is 380. The lowest BCUT2D eigenvalue weighted by molar-refractivity contribution is -0.0155. The second-order valence-corrected chi connectivity index (χ2v) is 7.76. The van der Waals surface area contributed by atoms with E-state index < -0.39 is 6.10 Å². The Morgan fingerprint density at radius 3 is 2.10 bits per heavy atom. The van der Waals surface area contributed by atoms with Gasteiger partial charge < -0.3 is 21.1 Å². The summed E-state index contributed by atoms with van der Waals surface area (Å²) in [6.07, 6.45) is 7.04. The predicted octanol–water partition coefficient (Wildman–Crippen LogP) is 0.669. The molecule has 2 atom stereocenters. The Labute approximate surface area is 119 Å². The van der Waals surface area contributed by atoms with E-state index in [1.807, 2.05) is 0 Å². The van der Waals surface area contributed by atoms with Gasteiger partial charge in [-0.2, -0.15) is 0 Å². The summed E-state index contributed by atoms with van der Waals surface area (Å²) in [5, 5.41) is 13.0. The number of aliphatic hydroxyl groups is 1. The van der Waals surface area contributed by atoms with E-state index in [9.17, 15) is 9.90 Å². The third-order valence-corrected chi connectivity index (χ3v) is 6.03. The number of nitrogens with zero attached hydrogens (tertiary/aromatic N) is 1. The van der Waals surface area contributed by atoms with Crippen LogP contribution in [0.1, 0.15) is 38.5 Å². The Kier molecular flexibility index (Phi) is 2.80. The molecule has 5 rings (SSSR count). The number of nitrogens with two attached hydrogens (primary N) is 1. The highest BCUT2D eigenvalue weighted by atomic mass is 16.3. The molecule has 1 aliphatic heterocycles. The summed E-state index contributed by atoms with van der Waals surface area (Å²) < 4.78 is 0. The fourth-order valence-electron chi connectivity index (χ4n) is 5.55. The van der Waals surface area contributed by atoms with Gasteiger partial charge in [0.05, 0.1) is 6.10 Å². The molecule has 0 spiro atoms. The molecule has 5 aliphatic rings. The van der Waals surface area contributed by atoms with Crippen molar-refractivity contribution in [1.29, 1.82) is 0 Å². The van der Waals surface area contributed by atoms with Crippen LogP contribution in [0.3, 0.4) is 0 Å². The molecule has 4 saturated carbocycles. The zero-order chi connectivity index (χ0) is 13.9. The van der Waals surface area contributed by atoms with Crippen molar-refractivity contribution in [2.45, 2.75) is 56.2 Å². The molecule has 5 fully saturated rings. The van der Waals surface area contributed by atoms with E-state index in [1.165, 1.54) is 19.3 Å². The van der Waals surface area contributed by atoms with Gasteiger partial charge in [-0.1, -0.05) is 0 Å². The van der Waals surface area contributed by atoms with Gasteiger partial charge in [0.25, 0.3) is 0 Å². The number of β-amino-alcohol motifs (C(OH)–C–C–N with tert-alkyl or cyclic N) is 1. The van der Waals surface area contributed by atoms with Gasteiger partial charge in [-0.15, -0.1) is 0 Å². The number of carbonyl (C=O) groups excluding carboxylic acids is 1. The minimum absolute atomic E-state index is 0.0149. The van der Waals surface area contributed by atoms with Crippen LogP contribution >= 0.6 is 0 Å². The molecule has 4 bridgehead atoms. The number of amides is 2. The molecular formula is C15H25N3O2. The van der Waals surface area contributed by atoms with Gasteiger partial charge in [0.2, 0.25) is 0 Å². The van der Waals surface area contributed by atoms with E-state index in [4.69, 9.17) is 5.73 Å². The molecule has 20 heavy (non-hydrogen) atoms. The van der Waals surface area contributed by atoms with Crippen LogP contribution in [-0.2, 0) is 0 Å². The molecule has 2 amide bonds. The molecule has 1 heterocycles. The number of hydrogen-bond donors (Lipinski definition) is 3. The van der Waals surface area contributed by atoms with Crippen LogP contribution in [0.2, 0.25) is 0 Å². The maximum Gasteiger partial charge on any atom is 0.317 e. The number of nitrogens with one attached hydrogen (secondary N) is 1. The van der Waals surface area contributed by atoms with Gasteiger partial charge in [0.15, 0.2) is 0 Å². The van der Waals surface area contributed by atoms with E-state index >= 15 is 0 Å². The summed E-state index contributed by atoms with van der Waals surface area (Å²) in [6.45, 7) is 0.846. The van der Waals surface area contributed by atoms with Crippen molar-refractivity contribution >= 4 is 6.03 Å². The Morgan fingerprint density at radius 2 is 1.65 bits per heavy atom. The number of carbonyl (C=O) groups is 1. The molecule has 4 aliphatic carbocycles.